The van der Waals surface area contributed by atoms with Crippen molar-refractivity contribution in [1.29, 1.82) is 0 Å². The lowest BCUT2D eigenvalue weighted by Crippen LogP contribution is -2.55. The molecule has 0 fully saturated rings. The summed E-state index contributed by atoms with van der Waals surface area (Å²) in [5, 5.41) is 5.41. The van der Waals surface area contributed by atoms with Gasteiger partial charge in [-0.05, 0) is 101 Å². The van der Waals surface area contributed by atoms with Gasteiger partial charge < -0.3 is 25.4 Å². The average molecular weight is 617 g/mol. The second kappa shape index (κ2) is 15.7. The Kier molecular flexibility index (Phi) is 12.1. The highest BCUT2D eigenvalue weighted by molar-refractivity contribution is 5.91. The minimum absolute atomic E-state index is 0.104. The minimum Gasteiger partial charge on any atom is -0.444 e. The Morgan fingerprint density at radius 2 is 1.47 bits per heavy atom. The van der Waals surface area contributed by atoms with Gasteiger partial charge in [0.25, 0.3) is 0 Å². The van der Waals surface area contributed by atoms with Crippen LogP contribution in [0.3, 0.4) is 0 Å². The summed E-state index contributed by atoms with van der Waals surface area (Å²) in [6, 6.07) is 20.2. The van der Waals surface area contributed by atoms with Crippen molar-refractivity contribution in [1.82, 2.24) is 10.2 Å². The largest absolute Gasteiger partial charge is 0.444 e. The van der Waals surface area contributed by atoms with Crippen molar-refractivity contribution in [2.24, 2.45) is 5.73 Å². The number of anilines is 1. The Morgan fingerprint density at radius 1 is 0.889 bits per heavy atom. The number of aryl methyl sites for hydroxylation is 3. The molecule has 0 heterocycles. The molecule has 240 valence electrons. The summed E-state index contributed by atoms with van der Waals surface area (Å²) in [5.41, 5.74) is 8.84. The van der Waals surface area contributed by atoms with Crippen LogP contribution in [-0.4, -0.2) is 53.1 Å². The van der Waals surface area contributed by atoms with E-state index in [0.29, 0.717) is 24.3 Å². The molecule has 3 aromatic rings. The number of carbonyl (C=O) groups is 4. The van der Waals surface area contributed by atoms with E-state index in [1.54, 1.807) is 64.1 Å². The number of carbonyl (C=O) groups excluding carboxylic acids is 4. The fraction of sp³-hybridized carbons (Fsp3) is 0.371. The number of nitrogens with one attached hydrogen (secondary N) is 2. The van der Waals surface area contributed by atoms with Crippen molar-refractivity contribution in [3.05, 3.63) is 95.1 Å². The first-order valence-corrected chi connectivity index (χ1v) is 15.0. The smallest absolute Gasteiger partial charge is 0.417 e. The number of rotatable bonds is 12. The van der Waals surface area contributed by atoms with Crippen molar-refractivity contribution in [3.8, 4) is 5.75 Å². The fourth-order valence-corrected chi connectivity index (χ4v) is 4.91. The summed E-state index contributed by atoms with van der Waals surface area (Å²) in [5.74, 6) is -0.779. The van der Waals surface area contributed by atoms with Gasteiger partial charge in [0.05, 0.1) is 0 Å². The lowest BCUT2D eigenvalue weighted by Gasteiger charge is -2.32. The topological polar surface area (TPSA) is 140 Å². The van der Waals surface area contributed by atoms with Crippen LogP contribution in [0.2, 0.25) is 0 Å². The quantitative estimate of drug-likeness (QED) is 0.239. The van der Waals surface area contributed by atoms with E-state index in [0.717, 1.165) is 22.3 Å². The van der Waals surface area contributed by atoms with Crippen molar-refractivity contribution in [2.75, 3.05) is 11.9 Å². The molecule has 2 atom stereocenters. The van der Waals surface area contributed by atoms with Crippen LogP contribution in [0.1, 0.15) is 56.4 Å². The highest BCUT2D eigenvalue weighted by atomic mass is 16.6. The van der Waals surface area contributed by atoms with Gasteiger partial charge in [-0.1, -0.05) is 48.5 Å². The molecule has 0 spiro atoms. The fourth-order valence-electron chi connectivity index (χ4n) is 4.91. The van der Waals surface area contributed by atoms with E-state index in [2.05, 4.69) is 10.6 Å². The molecule has 0 aliphatic rings. The molecule has 0 bridgehead atoms. The normalized spacial score (nSPS) is 12.4. The molecule has 4 amide bonds. The van der Waals surface area contributed by atoms with E-state index in [1.807, 2.05) is 50.2 Å². The number of hydrogen-bond donors (Lipinski definition) is 3. The molecule has 3 aromatic carbocycles. The molecule has 3 rings (SSSR count). The molecule has 0 radical (unpaired) electrons. The number of primary amides is 1. The zero-order valence-corrected chi connectivity index (χ0v) is 26.9. The number of benzene rings is 3. The van der Waals surface area contributed by atoms with Crippen LogP contribution < -0.4 is 21.1 Å². The van der Waals surface area contributed by atoms with Crippen LogP contribution in [-0.2, 0) is 27.2 Å². The molecule has 0 aliphatic carbocycles. The number of nitrogens with zero attached hydrogens (tertiary/aromatic N) is 1. The highest BCUT2D eigenvalue weighted by Gasteiger charge is 2.33. The Hall–Kier alpha value is -4.86. The summed E-state index contributed by atoms with van der Waals surface area (Å²) in [7, 11) is 0. The molecule has 0 saturated heterocycles. The first-order chi connectivity index (χ1) is 21.2. The molecule has 10 nitrogen and oxygen atoms in total. The van der Waals surface area contributed by atoms with Crippen molar-refractivity contribution in [3.63, 3.8) is 0 Å². The van der Waals surface area contributed by atoms with Crippen molar-refractivity contribution in [2.45, 2.75) is 78.5 Å². The summed E-state index contributed by atoms with van der Waals surface area (Å²) in [6.07, 6.45) is -0.0181. The summed E-state index contributed by atoms with van der Waals surface area (Å²) in [4.78, 5) is 53.2. The third-order valence-corrected chi connectivity index (χ3v) is 7.17. The third kappa shape index (κ3) is 11.0. The molecular formula is C35H44N4O6. The number of nitrogens with two attached hydrogens (primary N) is 1. The van der Waals surface area contributed by atoms with Crippen LogP contribution in [0.15, 0.2) is 72.8 Å². The molecule has 0 unspecified atom stereocenters. The minimum atomic E-state index is -1.07. The van der Waals surface area contributed by atoms with E-state index < -0.39 is 41.7 Å². The Balaban J connectivity index is 1.85. The highest BCUT2D eigenvalue weighted by Crippen LogP contribution is 2.25. The maximum Gasteiger partial charge on any atom is 0.417 e. The summed E-state index contributed by atoms with van der Waals surface area (Å²) >= 11 is 0. The van der Waals surface area contributed by atoms with Crippen LogP contribution in [0.25, 0.3) is 0 Å². The summed E-state index contributed by atoms with van der Waals surface area (Å²) in [6.45, 7) is 10.7. The average Bonchev–Trinajstić information content (AvgIpc) is 2.96. The maximum atomic E-state index is 14.1. The van der Waals surface area contributed by atoms with Gasteiger partial charge >= 0.3 is 12.2 Å². The van der Waals surface area contributed by atoms with Crippen molar-refractivity contribution >= 4 is 29.7 Å². The Labute approximate surface area is 265 Å². The second-order valence-corrected chi connectivity index (χ2v) is 12.0. The van der Waals surface area contributed by atoms with Gasteiger partial charge in [-0.15, -0.1) is 0 Å². The number of ether oxygens (including phenoxy) is 2. The number of amides is 4. The van der Waals surface area contributed by atoms with E-state index in [4.69, 9.17) is 15.2 Å². The first kappa shape index (κ1) is 34.6. The second-order valence-electron chi connectivity index (χ2n) is 12.0. The van der Waals surface area contributed by atoms with Gasteiger partial charge in [-0.25, -0.2) is 9.59 Å². The SMILES string of the molecule is Cc1cc(OC(=O)Nc2ccccc2)cc(C)c1C[C@@H](NC(=O)OC(C)(C)C)C(=O)N(CCCc1ccccc1)[C@H](C)C(N)=O. The Morgan fingerprint density at radius 3 is 2.02 bits per heavy atom. The Bertz CT molecular complexity index is 1450. The zero-order valence-electron chi connectivity index (χ0n) is 26.9. The standard InChI is InChI=1S/C35H44N4O6/c1-23-20-28(44-33(42)37-27-17-11-8-12-18-27)21-24(2)29(23)22-30(38-34(43)45-35(4,5)6)32(41)39(25(3)31(36)40)19-13-16-26-14-9-7-10-15-26/h7-12,14-15,17-18,20-21,25,30H,13,16,19,22H2,1-6H3,(H2,36,40)(H,37,42)(H,38,43)/t25-,30-/m1/s1. The van der Waals surface area contributed by atoms with Gasteiger partial charge in [0.1, 0.15) is 23.4 Å². The maximum absolute atomic E-state index is 14.1. The van der Waals surface area contributed by atoms with Gasteiger partial charge in [-0.3, -0.25) is 14.9 Å². The molecular weight excluding hydrogens is 572 g/mol. The predicted octanol–water partition coefficient (Wildman–Crippen LogP) is 5.69. The zero-order chi connectivity index (χ0) is 33.1. The molecule has 45 heavy (non-hydrogen) atoms. The number of alkyl carbamates (subject to hydrolysis) is 1. The van der Waals surface area contributed by atoms with Crippen LogP contribution in [0.4, 0.5) is 15.3 Å². The van der Waals surface area contributed by atoms with Gasteiger partial charge in [0.2, 0.25) is 11.8 Å². The molecule has 4 N–H and O–H groups in total. The van der Waals surface area contributed by atoms with E-state index in [-0.39, 0.29) is 13.0 Å². The van der Waals surface area contributed by atoms with Crippen molar-refractivity contribution < 1.29 is 28.7 Å². The lowest BCUT2D eigenvalue weighted by molar-refractivity contribution is -0.140. The van der Waals surface area contributed by atoms with E-state index in [9.17, 15) is 19.2 Å². The predicted molar refractivity (Wildman–Crippen MR) is 174 cm³/mol. The van der Waals surface area contributed by atoms with E-state index >= 15 is 0 Å². The monoisotopic (exact) mass is 616 g/mol. The van der Waals surface area contributed by atoms with Gasteiger partial charge in [0, 0.05) is 18.7 Å². The molecule has 10 heteroatoms. The van der Waals surface area contributed by atoms with Crippen LogP contribution >= 0.6 is 0 Å². The molecule has 0 aliphatic heterocycles. The lowest BCUT2D eigenvalue weighted by atomic mass is 9.95. The number of para-hydroxylation sites is 1. The first-order valence-electron chi connectivity index (χ1n) is 15.0. The summed E-state index contributed by atoms with van der Waals surface area (Å²) < 4.78 is 11.0. The van der Waals surface area contributed by atoms with Gasteiger partial charge in [0.15, 0.2) is 0 Å². The molecule has 0 saturated carbocycles. The molecule has 0 aromatic heterocycles. The number of hydrogen-bond acceptors (Lipinski definition) is 6. The third-order valence-electron chi connectivity index (χ3n) is 7.17. The van der Waals surface area contributed by atoms with Crippen LogP contribution in [0, 0.1) is 13.8 Å². The van der Waals surface area contributed by atoms with Gasteiger partial charge in [-0.2, -0.15) is 0 Å². The van der Waals surface area contributed by atoms with Crippen LogP contribution in [0.5, 0.6) is 5.75 Å². The van der Waals surface area contributed by atoms with E-state index in [1.165, 1.54) is 4.90 Å².